The minimum absolute atomic E-state index is 0.0642. The molecule has 10 heteroatoms. The number of aromatic nitrogens is 2. The molecule has 2 aromatic heterocycles. The highest BCUT2D eigenvalue weighted by atomic mass is 32.1. The summed E-state index contributed by atoms with van der Waals surface area (Å²) in [5, 5.41) is 11.2. The Bertz CT molecular complexity index is 1480. The quantitative estimate of drug-likeness (QED) is 0.252. The maximum absolute atomic E-state index is 13.0. The summed E-state index contributed by atoms with van der Waals surface area (Å²) in [4.78, 5) is 21.6. The fourth-order valence-corrected chi connectivity index (χ4v) is 4.68. The highest BCUT2D eigenvalue weighted by Crippen LogP contribution is 2.36. The zero-order valence-corrected chi connectivity index (χ0v) is 20.1. The smallest absolute Gasteiger partial charge is 0.366 e. The molecule has 0 aliphatic heterocycles. The summed E-state index contributed by atoms with van der Waals surface area (Å²) in [5.41, 5.74) is 3.27. The van der Waals surface area contributed by atoms with Crippen LogP contribution in [0.1, 0.15) is 39.9 Å². The normalized spacial score (nSPS) is 13.4. The molecular weight excluding hydrogens is 487 g/mol. The van der Waals surface area contributed by atoms with Crippen LogP contribution in [0, 0.1) is 6.92 Å². The van der Waals surface area contributed by atoms with E-state index in [0.29, 0.717) is 23.0 Å². The Hall–Kier alpha value is -3.92. The summed E-state index contributed by atoms with van der Waals surface area (Å²) < 4.78 is 40.0. The first-order valence-electron chi connectivity index (χ1n) is 11.2. The van der Waals surface area contributed by atoms with Gasteiger partial charge < -0.3 is 16.0 Å². The number of amides is 1. The molecular formula is C26H22F3N5OS. The average Bonchev–Trinajstić information content (AvgIpc) is 3.54. The number of alkyl halides is 3. The third kappa shape index (κ3) is 5.03. The van der Waals surface area contributed by atoms with E-state index in [1.165, 1.54) is 29.8 Å². The lowest BCUT2D eigenvalue weighted by atomic mass is 10.1. The van der Waals surface area contributed by atoms with Crippen LogP contribution in [0.4, 0.5) is 30.4 Å². The van der Waals surface area contributed by atoms with Crippen molar-refractivity contribution in [3.8, 4) is 0 Å². The maximum Gasteiger partial charge on any atom is 0.416 e. The van der Waals surface area contributed by atoms with Crippen molar-refractivity contribution in [2.45, 2.75) is 32.0 Å². The van der Waals surface area contributed by atoms with Crippen LogP contribution in [0.5, 0.6) is 0 Å². The molecule has 1 aliphatic carbocycles. The number of aryl methyl sites for hydroxylation is 1. The van der Waals surface area contributed by atoms with E-state index in [2.05, 4.69) is 32.5 Å². The van der Waals surface area contributed by atoms with E-state index in [-0.39, 0.29) is 5.69 Å². The zero-order chi connectivity index (χ0) is 25.4. The van der Waals surface area contributed by atoms with E-state index in [4.69, 9.17) is 0 Å². The number of halogens is 3. The van der Waals surface area contributed by atoms with E-state index in [1.807, 2.05) is 12.3 Å². The number of fused-ring (bicyclic) bond motifs is 1. The molecule has 5 rings (SSSR count). The van der Waals surface area contributed by atoms with E-state index < -0.39 is 17.6 Å². The topological polar surface area (TPSA) is 78.9 Å². The first kappa shape index (κ1) is 23.8. The minimum atomic E-state index is -4.49. The molecule has 0 bridgehead atoms. The van der Waals surface area contributed by atoms with Gasteiger partial charge in [-0.25, -0.2) is 9.97 Å². The maximum atomic E-state index is 13.0. The second-order valence-electron chi connectivity index (χ2n) is 8.63. The highest BCUT2D eigenvalue weighted by molar-refractivity contribution is 7.18. The molecule has 1 saturated carbocycles. The number of nitrogens with one attached hydrogen (secondary N) is 3. The van der Waals surface area contributed by atoms with Crippen LogP contribution < -0.4 is 16.0 Å². The molecule has 0 unspecified atom stereocenters. The van der Waals surface area contributed by atoms with Crippen LogP contribution in [-0.2, 0) is 6.18 Å². The van der Waals surface area contributed by atoms with Gasteiger partial charge in [-0.05, 0) is 55.7 Å². The van der Waals surface area contributed by atoms with Gasteiger partial charge in [-0.2, -0.15) is 13.2 Å². The van der Waals surface area contributed by atoms with Gasteiger partial charge in [-0.1, -0.05) is 18.7 Å². The van der Waals surface area contributed by atoms with Crippen LogP contribution in [0.3, 0.4) is 0 Å². The van der Waals surface area contributed by atoms with Crippen LogP contribution in [-0.4, -0.2) is 21.9 Å². The zero-order valence-electron chi connectivity index (χ0n) is 19.2. The number of hydrogen-bond donors (Lipinski definition) is 3. The summed E-state index contributed by atoms with van der Waals surface area (Å²) in [6.07, 6.45) is -0.696. The number of benzene rings is 2. The van der Waals surface area contributed by atoms with Gasteiger partial charge in [0.15, 0.2) is 0 Å². The Morgan fingerprint density at radius 2 is 1.92 bits per heavy atom. The Labute approximate surface area is 209 Å². The SMILES string of the molecule is C=C(Nc1cc(C(=O)Nc2cccc(C(F)(F)F)c2)ccc1C)c1csc2c(NC3CC3)ncnc12. The Kier molecular flexibility index (Phi) is 6.13. The lowest BCUT2D eigenvalue weighted by molar-refractivity contribution is -0.137. The van der Waals surface area contributed by atoms with Crippen LogP contribution in [0.15, 0.2) is 60.8 Å². The van der Waals surface area contributed by atoms with Crippen LogP contribution in [0.2, 0.25) is 0 Å². The number of rotatable bonds is 7. The predicted octanol–water partition coefficient (Wildman–Crippen LogP) is 6.93. The first-order chi connectivity index (χ1) is 17.2. The summed E-state index contributed by atoms with van der Waals surface area (Å²) in [7, 11) is 0. The molecule has 0 saturated heterocycles. The molecule has 2 heterocycles. The molecule has 3 N–H and O–H groups in total. The van der Waals surface area contributed by atoms with E-state index in [1.54, 1.807) is 18.2 Å². The summed E-state index contributed by atoms with van der Waals surface area (Å²) in [6, 6.07) is 10.0. The first-order valence-corrected chi connectivity index (χ1v) is 12.1. The van der Waals surface area contributed by atoms with Crippen LogP contribution in [0.25, 0.3) is 15.9 Å². The largest absolute Gasteiger partial charge is 0.416 e. The second kappa shape index (κ2) is 9.27. The molecule has 6 nitrogen and oxygen atoms in total. The average molecular weight is 510 g/mol. The third-order valence-corrected chi connectivity index (χ3v) is 6.81. The molecule has 0 spiro atoms. The van der Waals surface area contributed by atoms with Crippen molar-refractivity contribution in [3.05, 3.63) is 83.0 Å². The van der Waals surface area contributed by atoms with E-state index in [9.17, 15) is 18.0 Å². The number of hydrogen-bond acceptors (Lipinski definition) is 6. The van der Waals surface area contributed by atoms with Gasteiger partial charge in [0.25, 0.3) is 5.91 Å². The van der Waals surface area contributed by atoms with Gasteiger partial charge in [0, 0.05) is 39.6 Å². The van der Waals surface area contributed by atoms with Gasteiger partial charge >= 0.3 is 6.18 Å². The highest BCUT2D eigenvalue weighted by Gasteiger charge is 2.30. The van der Waals surface area contributed by atoms with Crippen LogP contribution >= 0.6 is 11.3 Å². The predicted molar refractivity (Wildman–Crippen MR) is 137 cm³/mol. The summed E-state index contributed by atoms with van der Waals surface area (Å²) >= 11 is 1.53. The van der Waals surface area contributed by atoms with Gasteiger partial charge in [0.2, 0.25) is 0 Å². The molecule has 36 heavy (non-hydrogen) atoms. The van der Waals surface area contributed by atoms with Crippen molar-refractivity contribution in [3.63, 3.8) is 0 Å². The van der Waals surface area contributed by atoms with Crippen molar-refractivity contribution in [2.24, 2.45) is 0 Å². The Morgan fingerprint density at radius 1 is 1.11 bits per heavy atom. The number of anilines is 3. The van der Waals surface area contributed by atoms with Gasteiger partial charge in [0.1, 0.15) is 12.1 Å². The lowest BCUT2D eigenvalue weighted by Crippen LogP contribution is -2.13. The number of thiophene rings is 1. The Balaban J connectivity index is 1.35. The molecule has 4 aromatic rings. The van der Waals surface area contributed by atoms with Crippen molar-refractivity contribution < 1.29 is 18.0 Å². The Morgan fingerprint density at radius 3 is 2.67 bits per heavy atom. The molecule has 0 radical (unpaired) electrons. The summed E-state index contributed by atoms with van der Waals surface area (Å²) in [6.45, 7) is 6.05. The summed E-state index contributed by atoms with van der Waals surface area (Å²) in [5.74, 6) is 0.295. The molecule has 2 aromatic carbocycles. The molecule has 184 valence electrons. The standard InChI is InChI=1S/C26H22F3N5OS/c1-14-6-7-16(25(35)34-19-5-3-4-17(11-19)26(27,28)29)10-21(14)32-15(2)20-12-36-23-22(20)30-13-31-24(23)33-18-8-9-18/h3-7,10-13,18,32H,2,8-9H2,1H3,(H,34,35)(H,30,31,33). The third-order valence-electron chi connectivity index (χ3n) is 5.83. The number of carbonyl (C=O) groups excluding carboxylic acids is 1. The van der Waals surface area contributed by atoms with E-state index >= 15 is 0 Å². The van der Waals surface area contributed by atoms with Gasteiger partial charge in [-0.3, -0.25) is 4.79 Å². The van der Waals surface area contributed by atoms with Crippen molar-refractivity contribution in [1.29, 1.82) is 0 Å². The van der Waals surface area contributed by atoms with Crippen molar-refractivity contribution in [2.75, 3.05) is 16.0 Å². The van der Waals surface area contributed by atoms with Crippen molar-refractivity contribution >= 4 is 50.4 Å². The molecule has 1 aliphatic rings. The van der Waals surface area contributed by atoms with Gasteiger partial charge in [0.05, 0.1) is 15.8 Å². The molecule has 1 fully saturated rings. The van der Waals surface area contributed by atoms with Crippen molar-refractivity contribution in [1.82, 2.24) is 9.97 Å². The monoisotopic (exact) mass is 509 g/mol. The van der Waals surface area contributed by atoms with Gasteiger partial charge in [-0.15, -0.1) is 11.3 Å². The minimum Gasteiger partial charge on any atom is -0.366 e. The fourth-order valence-electron chi connectivity index (χ4n) is 3.69. The fraction of sp³-hybridized carbons (Fsp3) is 0.192. The molecule has 1 amide bonds. The molecule has 0 atom stereocenters. The lowest BCUT2D eigenvalue weighted by Gasteiger charge is -2.14. The second-order valence-corrected chi connectivity index (χ2v) is 9.51. The number of carbonyl (C=O) groups is 1. The van der Waals surface area contributed by atoms with E-state index in [0.717, 1.165) is 52.1 Å². The number of nitrogens with zero attached hydrogens (tertiary/aromatic N) is 2.